The lowest BCUT2D eigenvalue weighted by Gasteiger charge is -2.28. The molecule has 6 nitrogen and oxygen atoms in total. The Kier molecular flexibility index (Phi) is 5.28. The number of non-ortho nitro benzene ring substituents is 1. The van der Waals surface area contributed by atoms with Gasteiger partial charge >= 0.3 is 8.53 Å². The van der Waals surface area contributed by atoms with E-state index in [1.165, 1.54) is 12.1 Å². The van der Waals surface area contributed by atoms with Crippen molar-refractivity contribution < 1.29 is 14.0 Å². The number of nitro benzene ring substituents is 1. The maximum absolute atomic E-state index is 10.8. The second kappa shape index (κ2) is 7.60. The third-order valence-corrected chi connectivity index (χ3v) is 5.63. The van der Waals surface area contributed by atoms with E-state index in [0.717, 1.165) is 25.1 Å². The molecule has 2 unspecified atom stereocenters. The summed E-state index contributed by atoms with van der Waals surface area (Å²) in [6, 6.07) is 16.1. The van der Waals surface area contributed by atoms with E-state index in [-0.39, 0.29) is 5.69 Å². The van der Waals surface area contributed by atoms with Gasteiger partial charge in [0.15, 0.2) is 0 Å². The van der Waals surface area contributed by atoms with E-state index in [1.54, 1.807) is 12.1 Å². The summed E-state index contributed by atoms with van der Waals surface area (Å²) in [5.41, 5.74) is 0.0465. The zero-order valence-electron chi connectivity index (χ0n) is 13.4. The van der Waals surface area contributed by atoms with Gasteiger partial charge in [0.2, 0.25) is 0 Å². The zero-order chi connectivity index (χ0) is 16.9. The molecule has 0 saturated carbocycles. The molecule has 126 valence electrons. The fourth-order valence-corrected chi connectivity index (χ4v) is 4.17. The Bertz CT molecular complexity index is 681. The van der Waals surface area contributed by atoms with Gasteiger partial charge in [-0.15, -0.1) is 0 Å². The van der Waals surface area contributed by atoms with Crippen molar-refractivity contribution in [3.63, 3.8) is 0 Å². The van der Waals surface area contributed by atoms with Gasteiger partial charge in [0.1, 0.15) is 11.5 Å². The summed E-state index contributed by atoms with van der Waals surface area (Å²) in [7, 11) is -1.32. The van der Waals surface area contributed by atoms with Gasteiger partial charge in [-0.3, -0.25) is 10.1 Å². The molecule has 1 aliphatic heterocycles. The lowest BCUT2D eigenvalue weighted by atomic mass is 10.3. The molecule has 0 N–H and O–H groups in total. The van der Waals surface area contributed by atoms with Crippen LogP contribution in [-0.2, 0) is 0 Å². The van der Waals surface area contributed by atoms with E-state index in [4.69, 9.17) is 9.05 Å². The molecule has 0 aliphatic carbocycles. The summed E-state index contributed by atoms with van der Waals surface area (Å²) in [5.74, 6) is 1.33. The highest BCUT2D eigenvalue weighted by atomic mass is 31.2. The van der Waals surface area contributed by atoms with Gasteiger partial charge in [0.25, 0.3) is 5.69 Å². The largest absolute Gasteiger partial charge is 0.427 e. The SMILES string of the molecule is CC1CCCN1P(Oc1ccccc1)Oc1ccc([N+](=O)[O-])cc1. The van der Waals surface area contributed by atoms with E-state index >= 15 is 0 Å². The van der Waals surface area contributed by atoms with Gasteiger partial charge in [0, 0.05) is 24.7 Å². The predicted molar refractivity (Wildman–Crippen MR) is 93.1 cm³/mol. The molecule has 1 aliphatic rings. The second-order valence-electron chi connectivity index (χ2n) is 5.64. The van der Waals surface area contributed by atoms with Gasteiger partial charge in [-0.2, -0.15) is 0 Å². The predicted octanol–water partition coefficient (Wildman–Crippen LogP) is 4.76. The van der Waals surface area contributed by atoms with E-state index in [9.17, 15) is 10.1 Å². The molecule has 1 saturated heterocycles. The van der Waals surface area contributed by atoms with Crippen LogP contribution in [0.15, 0.2) is 54.6 Å². The summed E-state index contributed by atoms with van der Waals surface area (Å²) >= 11 is 0. The molecule has 1 fully saturated rings. The van der Waals surface area contributed by atoms with Crippen molar-refractivity contribution in [2.45, 2.75) is 25.8 Å². The van der Waals surface area contributed by atoms with Gasteiger partial charge in [-0.1, -0.05) is 18.2 Å². The molecule has 2 aromatic rings. The average Bonchev–Trinajstić information content (AvgIpc) is 3.02. The van der Waals surface area contributed by atoms with Crippen LogP contribution >= 0.6 is 8.53 Å². The van der Waals surface area contributed by atoms with E-state index < -0.39 is 13.4 Å². The fourth-order valence-electron chi connectivity index (χ4n) is 2.57. The van der Waals surface area contributed by atoms with Crippen LogP contribution in [0.3, 0.4) is 0 Å². The first-order valence-corrected chi connectivity index (χ1v) is 8.98. The number of hydrogen-bond donors (Lipinski definition) is 0. The minimum absolute atomic E-state index is 0.0465. The van der Waals surface area contributed by atoms with Crippen LogP contribution in [0.25, 0.3) is 0 Å². The standard InChI is InChI=1S/C17H19N2O4P/c1-14-6-5-13-18(14)24(22-16-7-3-2-4-8-16)23-17-11-9-15(10-12-17)19(20)21/h2-4,7-12,14H,5-6,13H2,1H3. The number of benzene rings is 2. The van der Waals surface area contributed by atoms with Crippen LogP contribution in [0.5, 0.6) is 11.5 Å². The van der Waals surface area contributed by atoms with Crippen LogP contribution in [0.2, 0.25) is 0 Å². The highest BCUT2D eigenvalue weighted by Gasteiger charge is 2.33. The molecule has 0 radical (unpaired) electrons. The minimum Gasteiger partial charge on any atom is -0.427 e. The van der Waals surface area contributed by atoms with Gasteiger partial charge < -0.3 is 9.05 Å². The Hall–Kier alpha value is -2.17. The molecule has 24 heavy (non-hydrogen) atoms. The minimum atomic E-state index is -1.32. The Morgan fingerprint density at radius 1 is 1.08 bits per heavy atom. The van der Waals surface area contributed by atoms with Gasteiger partial charge in [-0.25, -0.2) is 4.67 Å². The first-order chi connectivity index (χ1) is 11.6. The van der Waals surface area contributed by atoms with Crippen LogP contribution in [0.1, 0.15) is 19.8 Å². The topological polar surface area (TPSA) is 64.8 Å². The van der Waals surface area contributed by atoms with Crippen molar-refractivity contribution in [1.82, 2.24) is 4.67 Å². The summed E-state index contributed by atoms with van der Waals surface area (Å²) in [5, 5.41) is 10.8. The summed E-state index contributed by atoms with van der Waals surface area (Å²) in [6.07, 6.45) is 2.22. The average molecular weight is 346 g/mol. The third-order valence-electron chi connectivity index (χ3n) is 3.89. The third kappa shape index (κ3) is 4.02. The Morgan fingerprint density at radius 3 is 2.25 bits per heavy atom. The molecule has 2 atom stereocenters. The molecule has 0 aromatic heterocycles. The molecule has 7 heteroatoms. The first-order valence-electron chi connectivity index (χ1n) is 7.85. The van der Waals surface area contributed by atoms with Crippen LogP contribution in [0.4, 0.5) is 5.69 Å². The summed E-state index contributed by atoms with van der Waals surface area (Å²) in [6.45, 7) is 3.09. The normalized spacial score (nSPS) is 19.0. The number of para-hydroxylation sites is 1. The summed E-state index contributed by atoms with van der Waals surface area (Å²) < 4.78 is 14.4. The monoisotopic (exact) mass is 346 g/mol. The van der Waals surface area contributed by atoms with Crippen molar-refractivity contribution in [2.75, 3.05) is 6.54 Å². The molecule has 0 amide bonds. The van der Waals surface area contributed by atoms with E-state index in [1.807, 2.05) is 30.3 Å². The molecular formula is C17H19N2O4P. The zero-order valence-corrected chi connectivity index (χ0v) is 14.3. The number of hydrogen-bond acceptors (Lipinski definition) is 5. The maximum atomic E-state index is 10.8. The Balaban J connectivity index is 1.77. The molecule has 0 bridgehead atoms. The number of nitro groups is 1. The summed E-state index contributed by atoms with van der Waals surface area (Å²) in [4.78, 5) is 10.3. The highest BCUT2D eigenvalue weighted by molar-refractivity contribution is 7.45. The lowest BCUT2D eigenvalue weighted by Crippen LogP contribution is -2.25. The quantitative estimate of drug-likeness (QED) is 0.428. The van der Waals surface area contributed by atoms with Crippen molar-refractivity contribution in [2.24, 2.45) is 0 Å². The Morgan fingerprint density at radius 2 is 1.71 bits per heavy atom. The molecular weight excluding hydrogens is 327 g/mol. The molecule has 0 spiro atoms. The van der Waals surface area contributed by atoms with Crippen LogP contribution in [0, 0.1) is 10.1 Å². The highest BCUT2D eigenvalue weighted by Crippen LogP contribution is 2.47. The van der Waals surface area contributed by atoms with Crippen LogP contribution < -0.4 is 9.05 Å². The smallest absolute Gasteiger partial charge is 0.384 e. The molecule has 3 rings (SSSR count). The van der Waals surface area contributed by atoms with Gasteiger partial charge in [0.05, 0.1) is 4.92 Å². The number of nitrogens with zero attached hydrogens (tertiary/aromatic N) is 2. The van der Waals surface area contributed by atoms with Crippen molar-refractivity contribution >= 4 is 14.2 Å². The van der Waals surface area contributed by atoms with E-state index in [0.29, 0.717) is 11.8 Å². The molecule has 2 aromatic carbocycles. The Labute approximate surface area is 142 Å². The lowest BCUT2D eigenvalue weighted by molar-refractivity contribution is -0.384. The van der Waals surface area contributed by atoms with Crippen LogP contribution in [-0.4, -0.2) is 22.2 Å². The van der Waals surface area contributed by atoms with E-state index in [2.05, 4.69) is 11.6 Å². The first kappa shape index (κ1) is 16.7. The second-order valence-corrected chi connectivity index (χ2v) is 6.99. The fraction of sp³-hybridized carbons (Fsp3) is 0.294. The maximum Gasteiger partial charge on any atom is 0.384 e. The van der Waals surface area contributed by atoms with Crippen molar-refractivity contribution in [3.8, 4) is 11.5 Å². The van der Waals surface area contributed by atoms with Gasteiger partial charge in [-0.05, 0) is 44.0 Å². The number of rotatable bonds is 6. The van der Waals surface area contributed by atoms with Crippen molar-refractivity contribution in [3.05, 3.63) is 64.7 Å². The van der Waals surface area contributed by atoms with Crippen molar-refractivity contribution in [1.29, 1.82) is 0 Å². The molecule has 1 heterocycles.